The molecule has 1 saturated heterocycles. The first-order valence-electron chi connectivity index (χ1n) is 7.71. The minimum absolute atomic E-state index is 0.115. The molecule has 1 fully saturated rings. The molecular weight excluding hydrogens is 374 g/mol. The standard InChI is InChI=1S/C15H15F4N5OS/c16-12-3-1-11(2-4-12)9-20-24-13(15(17,18)19)21-23(14(24)26)10-22-5-7-25-8-6-22/h1-4,9H,5-8,10H2/b20-9+. The molecule has 1 aliphatic heterocycles. The summed E-state index contributed by atoms with van der Waals surface area (Å²) in [7, 11) is 0. The Hall–Kier alpha value is -2.11. The minimum Gasteiger partial charge on any atom is -0.379 e. The van der Waals surface area contributed by atoms with Gasteiger partial charge in [0.2, 0.25) is 4.77 Å². The monoisotopic (exact) mass is 389 g/mol. The molecule has 1 aliphatic rings. The first kappa shape index (κ1) is 18.7. The summed E-state index contributed by atoms with van der Waals surface area (Å²) in [5.41, 5.74) is 0.433. The summed E-state index contributed by atoms with van der Waals surface area (Å²) in [6.45, 7) is 2.28. The lowest BCUT2D eigenvalue weighted by molar-refractivity contribution is -0.147. The molecule has 0 radical (unpaired) electrons. The van der Waals surface area contributed by atoms with Crippen LogP contribution in [0.4, 0.5) is 17.6 Å². The van der Waals surface area contributed by atoms with E-state index >= 15 is 0 Å². The molecule has 0 amide bonds. The minimum atomic E-state index is -4.72. The second-order valence-electron chi connectivity index (χ2n) is 5.58. The summed E-state index contributed by atoms with van der Waals surface area (Å²) in [4.78, 5) is 1.89. The van der Waals surface area contributed by atoms with Crippen LogP contribution in [-0.2, 0) is 17.6 Å². The van der Waals surface area contributed by atoms with E-state index in [1.165, 1.54) is 30.5 Å². The summed E-state index contributed by atoms with van der Waals surface area (Å²) >= 11 is 5.12. The molecule has 0 atom stereocenters. The second-order valence-corrected chi connectivity index (χ2v) is 5.95. The molecule has 2 aromatic rings. The van der Waals surface area contributed by atoms with E-state index in [9.17, 15) is 17.6 Å². The van der Waals surface area contributed by atoms with Crippen molar-refractivity contribution < 1.29 is 22.3 Å². The molecule has 3 rings (SSSR count). The van der Waals surface area contributed by atoms with Gasteiger partial charge in [-0.2, -0.15) is 22.9 Å². The van der Waals surface area contributed by atoms with Gasteiger partial charge in [0.25, 0.3) is 5.82 Å². The highest BCUT2D eigenvalue weighted by Gasteiger charge is 2.38. The van der Waals surface area contributed by atoms with Crippen molar-refractivity contribution in [3.05, 3.63) is 46.2 Å². The summed E-state index contributed by atoms with van der Waals surface area (Å²) in [6, 6.07) is 5.17. The van der Waals surface area contributed by atoms with Crippen LogP contribution in [-0.4, -0.2) is 51.9 Å². The number of hydrogen-bond acceptors (Lipinski definition) is 5. The van der Waals surface area contributed by atoms with E-state index in [1.54, 1.807) is 0 Å². The molecule has 1 aromatic heterocycles. The number of aromatic nitrogens is 3. The third-order valence-corrected chi connectivity index (χ3v) is 4.09. The van der Waals surface area contributed by atoms with Gasteiger partial charge in [-0.3, -0.25) is 4.90 Å². The van der Waals surface area contributed by atoms with E-state index in [2.05, 4.69) is 10.2 Å². The highest BCUT2D eigenvalue weighted by Crippen LogP contribution is 2.28. The summed E-state index contributed by atoms with van der Waals surface area (Å²) in [6.07, 6.45) is -3.55. The topological polar surface area (TPSA) is 47.6 Å². The zero-order valence-electron chi connectivity index (χ0n) is 13.5. The number of halogens is 4. The van der Waals surface area contributed by atoms with Crippen molar-refractivity contribution in [1.82, 2.24) is 19.4 Å². The van der Waals surface area contributed by atoms with E-state index in [4.69, 9.17) is 17.0 Å². The average Bonchev–Trinajstić information content (AvgIpc) is 2.92. The van der Waals surface area contributed by atoms with Gasteiger partial charge in [-0.05, 0) is 29.9 Å². The molecule has 0 aliphatic carbocycles. The molecule has 0 unspecified atom stereocenters. The molecule has 6 nitrogen and oxygen atoms in total. The molecule has 0 spiro atoms. The van der Waals surface area contributed by atoms with E-state index in [-0.39, 0.29) is 11.4 Å². The van der Waals surface area contributed by atoms with Crippen molar-refractivity contribution in [1.29, 1.82) is 0 Å². The van der Waals surface area contributed by atoms with Crippen LogP contribution in [0.1, 0.15) is 11.4 Å². The van der Waals surface area contributed by atoms with Gasteiger partial charge in [0.05, 0.1) is 26.1 Å². The Morgan fingerprint density at radius 3 is 2.46 bits per heavy atom. The summed E-state index contributed by atoms with van der Waals surface area (Å²) < 4.78 is 59.5. The Labute approximate surface area is 151 Å². The van der Waals surface area contributed by atoms with Gasteiger partial charge in [0, 0.05) is 13.1 Å². The van der Waals surface area contributed by atoms with Crippen LogP contribution in [0.2, 0.25) is 0 Å². The van der Waals surface area contributed by atoms with Crippen molar-refractivity contribution in [3.63, 3.8) is 0 Å². The molecule has 11 heteroatoms. The number of nitrogens with zero attached hydrogens (tertiary/aromatic N) is 5. The van der Waals surface area contributed by atoms with Gasteiger partial charge in [0.15, 0.2) is 0 Å². The Balaban J connectivity index is 1.91. The van der Waals surface area contributed by atoms with Crippen molar-refractivity contribution in [3.8, 4) is 0 Å². The third kappa shape index (κ3) is 4.34. The van der Waals surface area contributed by atoms with Crippen molar-refractivity contribution in [2.75, 3.05) is 26.3 Å². The van der Waals surface area contributed by atoms with E-state index in [0.29, 0.717) is 36.5 Å². The van der Waals surface area contributed by atoms with Crippen LogP contribution in [0, 0.1) is 10.6 Å². The Bertz CT molecular complexity index is 837. The lowest BCUT2D eigenvalue weighted by atomic mass is 10.2. The van der Waals surface area contributed by atoms with E-state index < -0.39 is 17.8 Å². The Morgan fingerprint density at radius 1 is 1.19 bits per heavy atom. The largest absolute Gasteiger partial charge is 0.453 e. The molecule has 0 saturated carbocycles. The Morgan fingerprint density at radius 2 is 1.85 bits per heavy atom. The zero-order chi connectivity index (χ0) is 18.7. The number of hydrogen-bond donors (Lipinski definition) is 0. The highest BCUT2D eigenvalue weighted by atomic mass is 32.1. The number of benzene rings is 1. The molecule has 0 N–H and O–H groups in total. The van der Waals surface area contributed by atoms with Gasteiger partial charge >= 0.3 is 6.18 Å². The number of ether oxygens (including phenoxy) is 1. The lowest BCUT2D eigenvalue weighted by Gasteiger charge is -2.25. The molecule has 1 aromatic carbocycles. The average molecular weight is 389 g/mol. The second kappa shape index (κ2) is 7.64. The predicted octanol–water partition coefficient (Wildman–Crippen LogP) is 2.74. The fraction of sp³-hybridized carbons (Fsp3) is 0.400. The molecule has 2 heterocycles. The first-order valence-corrected chi connectivity index (χ1v) is 8.12. The smallest absolute Gasteiger partial charge is 0.379 e. The van der Waals surface area contributed by atoms with Crippen molar-refractivity contribution >= 4 is 18.4 Å². The Kier molecular flexibility index (Phi) is 5.49. The van der Waals surface area contributed by atoms with Crippen LogP contribution in [0.15, 0.2) is 29.4 Å². The summed E-state index contributed by atoms with van der Waals surface area (Å²) in [5, 5.41) is 7.40. The molecule has 140 valence electrons. The maximum absolute atomic E-state index is 13.3. The SMILES string of the molecule is Fc1ccc(/C=N/n2c(C(F)(F)F)nn(CN3CCOCC3)c2=S)cc1. The maximum atomic E-state index is 13.3. The molecular formula is C15H15F4N5OS. The van der Waals surface area contributed by atoms with Crippen molar-refractivity contribution in [2.24, 2.45) is 5.10 Å². The van der Waals surface area contributed by atoms with Crippen LogP contribution in [0.25, 0.3) is 0 Å². The van der Waals surface area contributed by atoms with Gasteiger partial charge in [-0.25, -0.2) is 9.07 Å². The molecule has 0 bridgehead atoms. The number of morpholine rings is 1. The van der Waals surface area contributed by atoms with Gasteiger partial charge in [-0.15, -0.1) is 5.10 Å². The van der Waals surface area contributed by atoms with Crippen LogP contribution < -0.4 is 0 Å². The third-order valence-electron chi connectivity index (χ3n) is 3.70. The fourth-order valence-electron chi connectivity index (χ4n) is 2.38. The van der Waals surface area contributed by atoms with E-state index in [1.807, 2.05) is 4.90 Å². The zero-order valence-corrected chi connectivity index (χ0v) is 14.3. The number of rotatable bonds is 4. The normalized spacial score (nSPS) is 16.5. The van der Waals surface area contributed by atoms with Crippen molar-refractivity contribution in [2.45, 2.75) is 12.8 Å². The predicted molar refractivity (Wildman–Crippen MR) is 87.8 cm³/mol. The van der Waals surface area contributed by atoms with Crippen LogP contribution in [0.5, 0.6) is 0 Å². The van der Waals surface area contributed by atoms with Crippen LogP contribution in [0.3, 0.4) is 0 Å². The van der Waals surface area contributed by atoms with E-state index in [0.717, 1.165) is 4.68 Å². The van der Waals surface area contributed by atoms with Crippen LogP contribution >= 0.6 is 12.2 Å². The first-order chi connectivity index (χ1) is 12.3. The van der Waals surface area contributed by atoms with Gasteiger partial charge < -0.3 is 4.74 Å². The summed E-state index contributed by atoms with van der Waals surface area (Å²) in [5.74, 6) is -1.66. The van der Waals surface area contributed by atoms with Gasteiger partial charge in [0.1, 0.15) is 5.82 Å². The maximum Gasteiger partial charge on any atom is 0.453 e. The quantitative estimate of drug-likeness (QED) is 0.458. The fourth-order valence-corrected chi connectivity index (χ4v) is 2.61. The molecule has 26 heavy (non-hydrogen) atoms. The highest BCUT2D eigenvalue weighted by molar-refractivity contribution is 7.71. The lowest BCUT2D eigenvalue weighted by Crippen LogP contribution is -2.37. The number of alkyl halides is 3. The van der Waals surface area contributed by atoms with Gasteiger partial charge in [-0.1, -0.05) is 12.1 Å².